The van der Waals surface area contributed by atoms with Crippen LogP contribution in [0.25, 0.3) is 10.8 Å². The van der Waals surface area contributed by atoms with E-state index in [4.69, 9.17) is 11.2 Å². The number of alkyl carbamates (subject to hydrolysis) is 1. The predicted octanol–water partition coefficient (Wildman–Crippen LogP) is 5.26. The lowest BCUT2D eigenvalue weighted by Gasteiger charge is -2.31. The molecule has 3 aromatic rings. The molecule has 37 heavy (non-hydrogen) atoms. The Labute approximate surface area is 218 Å². The summed E-state index contributed by atoms with van der Waals surface area (Å²) < 4.78 is 5.24. The summed E-state index contributed by atoms with van der Waals surface area (Å²) in [6.07, 6.45) is 5.42. The third-order valence-corrected chi connectivity index (χ3v) is 5.54. The van der Waals surface area contributed by atoms with Crippen LogP contribution < -0.4 is 10.6 Å². The average molecular weight is 500 g/mol. The van der Waals surface area contributed by atoms with Gasteiger partial charge in [-0.2, -0.15) is 0 Å². The molecule has 0 fully saturated rings. The van der Waals surface area contributed by atoms with E-state index in [-0.39, 0.29) is 12.5 Å². The van der Waals surface area contributed by atoms with Gasteiger partial charge >= 0.3 is 6.09 Å². The predicted molar refractivity (Wildman–Crippen MR) is 146 cm³/mol. The third-order valence-electron chi connectivity index (χ3n) is 5.54. The molecule has 0 saturated heterocycles. The Hall–Kier alpha value is -4.31. The van der Waals surface area contributed by atoms with Crippen LogP contribution in [0.5, 0.6) is 0 Å². The molecule has 0 saturated carbocycles. The van der Waals surface area contributed by atoms with E-state index < -0.39 is 23.6 Å². The molecule has 1 unspecified atom stereocenters. The van der Waals surface area contributed by atoms with Gasteiger partial charge in [-0.05, 0) is 67.8 Å². The number of nitrogens with zero attached hydrogens (tertiary/aromatic N) is 1. The zero-order chi connectivity index (χ0) is 27.0. The number of ether oxygens (including phenoxy) is 1. The van der Waals surface area contributed by atoms with Crippen LogP contribution in [0.4, 0.5) is 10.5 Å². The minimum Gasteiger partial charge on any atom is -0.444 e. The first-order valence-electron chi connectivity index (χ1n) is 12.2. The Bertz CT molecular complexity index is 1300. The van der Waals surface area contributed by atoms with Crippen molar-refractivity contribution < 1.29 is 19.1 Å². The highest BCUT2D eigenvalue weighted by Gasteiger charge is 2.31. The van der Waals surface area contributed by atoms with Crippen LogP contribution in [0.2, 0.25) is 0 Å². The second-order valence-electron chi connectivity index (χ2n) is 9.66. The molecular formula is C30H33N3O4. The van der Waals surface area contributed by atoms with Crippen LogP contribution in [0.3, 0.4) is 0 Å². The lowest BCUT2D eigenvalue weighted by Crippen LogP contribution is -2.46. The molecule has 0 aliphatic heterocycles. The van der Waals surface area contributed by atoms with E-state index in [2.05, 4.69) is 16.6 Å². The number of nitrogens with one attached hydrogen (secondary N) is 2. The van der Waals surface area contributed by atoms with Crippen molar-refractivity contribution in [3.63, 3.8) is 0 Å². The number of fused-ring (bicyclic) bond motifs is 1. The number of terminal acetylenes is 1. The van der Waals surface area contributed by atoms with Gasteiger partial charge in [0.2, 0.25) is 5.91 Å². The second-order valence-corrected chi connectivity index (χ2v) is 9.66. The smallest absolute Gasteiger partial charge is 0.408 e. The van der Waals surface area contributed by atoms with Gasteiger partial charge in [-0.3, -0.25) is 9.59 Å². The largest absolute Gasteiger partial charge is 0.444 e. The van der Waals surface area contributed by atoms with Gasteiger partial charge < -0.3 is 20.3 Å². The normalized spacial score (nSPS) is 11.8. The molecule has 0 bridgehead atoms. The molecule has 7 nitrogen and oxygen atoms in total. The maximum atomic E-state index is 13.7. The third kappa shape index (κ3) is 7.58. The van der Waals surface area contributed by atoms with Crippen molar-refractivity contribution in [1.29, 1.82) is 0 Å². The molecule has 0 spiro atoms. The second kappa shape index (κ2) is 12.1. The van der Waals surface area contributed by atoms with Gasteiger partial charge in [0.05, 0.1) is 0 Å². The van der Waals surface area contributed by atoms with Gasteiger partial charge in [-0.25, -0.2) is 4.79 Å². The van der Waals surface area contributed by atoms with Gasteiger partial charge in [0.25, 0.3) is 5.91 Å². The quantitative estimate of drug-likeness (QED) is 0.414. The number of hydrogen-bond donors (Lipinski definition) is 2. The summed E-state index contributed by atoms with van der Waals surface area (Å²) in [5, 5.41) is 7.50. The van der Waals surface area contributed by atoms with Crippen LogP contribution in [-0.2, 0) is 14.3 Å². The molecule has 1 atom stereocenters. The summed E-state index contributed by atoms with van der Waals surface area (Å²) in [5.41, 5.74) is 1.19. The van der Waals surface area contributed by atoms with E-state index in [1.165, 1.54) is 4.90 Å². The number of rotatable bonds is 8. The zero-order valence-electron chi connectivity index (χ0n) is 21.7. The Morgan fingerprint density at radius 3 is 2.30 bits per heavy atom. The minimum absolute atomic E-state index is 0.307. The molecule has 7 heteroatoms. The highest BCUT2D eigenvalue weighted by atomic mass is 16.6. The van der Waals surface area contributed by atoms with E-state index in [9.17, 15) is 14.4 Å². The molecule has 0 radical (unpaired) electrons. The van der Waals surface area contributed by atoms with Crippen LogP contribution in [0.1, 0.15) is 51.3 Å². The highest BCUT2D eigenvalue weighted by molar-refractivity contribution is 6.00. The first-order valence-corrected chi connectivity index (χ1v) is 12.2. The number of benzene rings is 3. The molecule has 0 aliphatic rings. The Kier molecular flexibility index (Phi) is 8.91. The van der Waals surface area contributed by atoms with E-state index in [0.29, 0.717) is 29.8 Å². The number of amides is 3. The fourth-order valence-corrected chi connectivity index (χ4v) is 3.91. The Balaban J connectivity index is 1.89. The summed E-state index contributed by atoms with van der Waals surface area (Å²) in [6, 6.07) is 19.5. The topological polar surface area (TPSA) is 87.7 Å². The fourth-order valence-electron chi connectivity index (χ4n) is 3.91. The van der Waals surface area contributed by atoms with Crippen LogP contribution in [0.15, 0.2) is 66.7 Å². The van der Waals surface area contributed by atoms with Crippen LogP contribution in [0, 0.1) is 12.3 Å². The molecule has 3 aromatic carbocycles. The summed E-state index contributed by atoms with van der Waals surface area (Å²) in [4.78, 5) is 40.6. The first kappa shape index (κ1) is 27.3. The van der Waals surface area contributed by atoms with Gasteiger partial charge in [0.1, 0.15) is 18.2 Å². The van der Waals surface area contributed by atoms with E-state index in [1.807, 2.05) is 49.4 Å². The Morgan fingerprint density at radius 2 is 1.68 bits per heavy atom. The van der Waals surface area contributed by atoms with Gasteiger partial charge in [0, 0.05) is 17.8 Å². The van der Waals surface area contributed by atoms with Crippen molar-refractivity contribution >= 4 is 34.4 Å². The zero-order valence-corrected chi connectivity index (χ0v) is 21.7. The molecule has 0 aliphatic carbocycles. The fraction of sp³-hybridized carbons (Fsp3) is 0.300. The van der Waals surface area contributed by atoms with Crippen molar-refractivity contribution in [3.05, 3.63) is 77.9 Å². The van der Waals surface area contributed by atoms with Crippen LogP contribution >= 0.6 is 0 Å². The highest BCUT2D eigenvalue weighted by Crippen LogP contribution is 2.26. The number of carbonyl (C=O) groups excluding carboxylic acids is 3. The Morgan fingerprint density at radius 1 is 1.00 bits per heavy atom. The lowest BCUT2D eigenvalue weighted by atomic mass is 10.0. The van der Waals surface area contributed by atoms with Crippen molar-refractivity contribution in [2.45, 2.75) is 45.8 Å². The number of anilines is 1. The van der Waals surface area contributed by atoms with E-state index in [0.717, 1.165) is 10.8 Å². The van der Waals surface area contributed by atoms with E-state index >= 15 is 0 Å². The average Bonchev–Trinajstić information content (AvgIpc) is 2.86. The molecule has 0 aromatic heterocycles. The summed E-state index contributed by atoms with van der Waals surface area (Å²) in [6.45, 7) is 7.14. The number of carbonyl (C=O) groups is 3. The molecule has 2 N–H and O–H groups in total. The summed E-state index contributed by atoms with van der Waals surface area (Å²) >= 11 is 0. The van der Waals surface area contributed by atoms with Gasteiger partial charge in [0.15, 0.2) is 0 Å². The summed E-state index contributed by atoms with van der Waals surface area (Å²) in [5.74, 6) is 1.78. The first-order chi connectivity index (χ1) is 17.6. The van der Waals surface area contributed by atoms with Gasteiger partial charge in [-0.1, -0.05) is 55.3 Å². The van der Waals surface area contributed by atoms with Crippen molar-refractivity contribution in [3.8, 4) is 12.3 Å². The van der Waals surface area contributed by atoms with Crippen molar-refractivity contribution in [2.75, 3.05) is 18.4 Å². The standard InChI is InChI=1S/C30H33N3O4/c1-6-18-33(26(34)20-31-29(36)37-30(3,4)5)27(23-14-12-21(7-2)13-15-23)28(35)32-25-17-16-22-10-8-9-11-24(22)19-25/h2,8-17,19,27H,6,18,20H2,1,3-5H3,(H,31,36)(H,32,35). The molecule has 3 rings (SSSR count). The van der Waals surface area contributed by atoms with Gasteiger partial charge in [-0.15, -0.1) is 6.42 Å². The molecule has 0 heterocycles. The lowest BCUT2D eigenvalue weighted by molar-refractivity contribution is -0.138. The van der Waals surface area contributed by atoms with Crippen molar-refractivity contribution in [2.24, 2.45) is 0 Å². The molecular weight excluding hydrogens is 466 g/mol. The summed E-state index contributed by atoms with van der Waals surface area (Å²) in [7, 11) is 0. The molecule has 192 valence electrons. The van der Waals surface area contributed by atoms with Crippen LogP contribution in [-0.4, -0.2) is 41.5 Å². The maximum Gasteiger partial charge on any atom is 0.408 e. The molecule has 3 amide bonds. The van der Waals surface area contributed by atoms with E-state index in [1.54, 1.807) is 45.0 Å². The minimum atomic E-state index is -0.939. The SMILES string of the molecule is C#Cc1ccc(C(C(=O)Nc2ccc3ccccc3c2)N(CCC)C(=O)CNC(=O)OC(C)(C)C)cc1. The number of hydrogen-bond acceptors (Lipinski definition) is 4. The maximum absolute atomic E-state index is 13.7. The van der Waals surface area contributed by atoms with Crippen molar-refractivity contribution in [1.82, 2.24) is 10.2 Å². The monoisotopic (exact) mass is 499 g/mol.